The van der Waals surface area contributed by atoms with Gasteiger partial charge in [-0.3, -0.25) is 15.6 Å². The molecule has 0 saturated carbocycles. The summed E-state index contributed by atoms with van der Waals surface area (Å²) in [5.74, 6) is 0.0242. The van der Waals surface area contributed by atoms with Gasteiger partial charge in [0.15, 0.2) is 11.6 Å². The summed E-state index contributed by atoms with van der Waals surface area (Å²) in [4.78, 5) is 20.4. The van der Waals surface area contributed by atoms with E-state index in [2.05, 4.69) is 33.1 Å². The zero-order valence-corrected chi connectivity index (χ0v) is 21.3. The molecule has 0 saturated heterocycles. The second kappa shape index (κ2) is 17.5. The lowest BCUT2D eigenvalue weighted by Crippen LogP contribution is -2.30. The van der Waals surface area contributed by atoms with Gasteiger partial charge >= 0.3 is 0 Å². The fourth-order valence-corrected chi connectivity index (χ4v) is 3.95. The minimum Gasteiger partial charge on any atom is -0.393 e. The van der Waals surface area contributed by atoms with Crippen molar-refractivity contribution in [2.45, 2.75) is 96.8 Å². The quantitative estimate of drug-likeness (QED) is 0.128. The number of benzene rings is 1. The van der Waals surface area contributed by atoms with E-state index in [0.29, 0.717) is 22.9 Å². The predicted octanol–water partition coefficient (Wildman–Crippen LogP) is 6.85. The summed E-state index contributed by atoms with van der Waals surface area (Å²) >= 11 is 0. The fraction of sp³-hybridized carbons (Fsp3) is 0.593. The van der Waals surface area contributed by atoms with Gasteiger partial charge in [-0.1, -0.05) is 90.4 Å². The largest absolute Gasteiger partial charge is 0.393 e. The van der Waals surface area contributed by atoms with Gasteiger partial charge < -0.3 is 11.1 Å². The van der Waals surface area contributed by atoms with Gasteiger partial charge in [0, 0.05) is 12.1 Å². The van der Waals surface area contributed by atoms with Gasteiger partial charge in [0.1, 0.15) is 17.8 Å². The number of rotatable bonds is 19. The summed E-state index contributed by atoms with van der Waals surface area (Å²) in [6.45, 7) is 3.04. The van der Waals surface area contributed by atoms with Crippen molar-refractivity contribution >= 4 is 23.2 Å². The molecule has 0 aliphatic heterocycles. The van der Waals surface area contributed by atoms with E-state index in [0.717, 1.165) is 13.0 Å². The Morgan fingerprint density at radius 2 is 1.31 bits per heavy atom. The molecule has 1 aromatic carbocycles. The first-order chi connectivity index (χ1) is 17.1. The highest BCUT2D eigenvalue weighted by Crippen LogP contribution is 2.22. The zero-order chi connectivity index (χ0) is 25.1. The van der Waals surface area contributed by atoms with E-state index in [4.69, 9.17) is 5.73 Å². The minimum atomic E-state index is -0.417. The Morgan fingerprint density at radius 1 is 0.800 bits per heavy atom. The Balaban J connectivity index is 1.53. The second-order valence-electron chi connectivity index (χ2n) is 9.09. The fourth-order valence-electron chi connectivity index (χ4n) is 3.95. The Kier molecular flexibility index (Phi) is 14.2. The molecule has 0 unspecified atom stereocenters. The van der Waals surface area contributed by atoms with Crippen molar-refractivity contribution in [1.29, 1.82) is 0 Å². The van der Waals surface area contributed by atoms with Gasteiger partial charge in [0.25, 0.3) is 5.91 Å². The minimum absolute atomic E-state index is 0.305. The Morgan fingerprint density at radius 3 is 1.89 bits per heavy atom. The van der Waals surface area contributed by atoms with Crippen molar-refractivity contribution in [3.8, 4) is 0 Å². The number of carbonyl (C=O) groups is 1. The van der Waals surface area contributed by atoms with E-state index >= 15 is 0 Å². The van der Waals surface area contributed by atoms with Crippen molar-refractivity contribution in [2.24, 2.45) is 0 Å². The van der Waals surface area contributed by atoms with E-state index in [1.165, 1.54) is 114 Å². The molecule has 5 N–H and O–H groups in total. The lowest BCUT2D eigenvalue weighted by Gasteiger charge is -2.13. The van der Waals surface area contributed by atoms with Gasteiger partial charge in [-0.2, -0.15) is 0 Å². The van der Waals surface area contributed by atoms with Crippen LogP contribution in [-0.2, 0) is 0 Å². The topological polar surface area (TPSA) is 105 Å². The van der Waals surface area contributed by atoms with Crippen LogP contribution in [0.1, 0.15) is 107 Å². The van der Waals surface area contributed by atoms with Crippen LogP contribution < -0.4 is 21.9 Å². The number of nitrogens with two attached hydrogens (primary N) is 1. The van der Waals surface area contributed by atoms with E-state index in [-0.39, 0.29) is 0 Å². The van der Waals surface area contributed by atoms with Crippen LogP contribution in [-0.4, -0.2) is 22.4 Å². The van der Waals surface area contributed by atoms with Crippen LogP contribution in [0.4, 0.5) is 21.7 Å². The number of nitrogens with one attached hydrogen (secondary N) is 3. The first-order valence-corrected chi connectivity index (χ1v) is 13.3. The van der Waals surface area contributed by atoms with Gasteiger partial charge in [-0.15, -0.1) is 0 Å². The van der Waals surface area contributed by atoms with Crippen LogP contribution in [0.2, 0.25) is 0 Å². The average Bonchev–Trinajstić information content (AvgIpc) is 2.86. The number of anilines is 3. The molecule has 1 heterocycles. The Hall–Kier alpha value is -2.90. The monoisotopic (exact) mass is 486 g/mol. The molecule has 35 heavy (non-hydrogen) atoms. The van der Waals surface area contributed by atoms with Crippen molar-refractivity contribution < 1.29 is 9.18 Å². The third kappa shape index (κ3) is 11.9. The van der Waals surface area contributed by atoms with Crippen LogP contribution in [0.3, 0.4) is 0 Å². The number of amides is 1. The second-order valence-corrected chi connectivity index (χ2v) is 9.09. The molecular weight excluding hydrogens is 443 g/mol. The maximum absolute atomic E-state index is 13.0. The van der Waals surface area contributed by atoms with Crippen molar-refractivity contribution in [2.75, 3.05) is 23.0 Å². The number of nitrogens with zero attached hydrogens (tertiary/aromatic N) is 2. The third-order valence-electron chi connectivity index (χ3n) is 6.11. The maximum Gasteiger partial charge on any atom is 0.269 e. The number of hydrogen-bond donors (Lipinski definition) is 4. The SMILES string of the molecule is CCCCCCCCCCCCCCCCNc1ncnc(NNC(=O)c2ccc(F)cc2)c1N. The number of aromatic nitrogens is 2. The molecule has 0 aliphatic rings. The molecule has 0 radical (unpaired) electrons. The highest BCUT2D eigenvalue weighted by Gasteiger charge is 2.10. The smallest absolute Gasteiger partial charge is 0.269 e. The molecule has 1 amide bonds. The number of hydrazine groups is 1. The summed E-state index contributed by atoms with van der Waals surface area (Å²) in [6, 6.07) is 5.26. The highest BCUT2D eigenvalue weighted by molar-refractivity contribution is 5.95. The van der Waals surface area contributed by atoms with Crippen molar-refractivity contribution in [3.05, 3.63) is 42.0 Å². The maximum atomic E-state index is 13.0. The van der Waals surface area contributed by atoms with Crippen LogP contribution >= 0.6 is 0 Å². The lowest BCUT2D eigenvalue weighted by molar-refractivity contribution is 0.0962. The predicted molar refractivity (Wildman–Crippen MR) is 143 cm³/mol. The molecule has 0 aliphatic carbocycles. The molecule has 7 nitrogen and oxygen atoms in total. The standard InChI is InChI=1S/C27H43FN6O/c1-2-3-4-5-6-7-8-9-10-11-12-13-14-15-20-30-25-24(29)26(32-21-31-25)33-34-27(35)22-16-18-23(28)19-17-22/h16-19,21H,2-15,20,29H2,1H3,(H,34,35)(H2,30,31,32,33). The molecule has 2 rings (SSSR count). The van der Waals surface area contributed by atoms with Gasteiger partial charge in [0.2, 0.25) is 0 Å². The number of carbonyl (C=O) groups excluding carboxylic acids is 1. The summed E-state index contributed by atoms with van der Waals surface area (Å²) in [6.07, 6.45) is 20.0. The first-order valence-electron chi connectivity index (χ1n) is 13.3. The van der Waals surface area contributed by atoms with E-state index in [1.807, 2.05) is 0 Å². The molecule has 0 fully saturated rings. The van der Waals surface area contributed by atoms with Gasteiger partial charge in [-0.25, -0.2) is 14.4 Å². The Bertz CT molecular complexity index is 846. The summed E-state index contributed by atoms with van der Waals surface area (Å²) in [5.41, 5.74) is 12.0. The summed E-state index contributed by atoms with van der Waals surface area (Å²) < 4.78 is 13.0. The number of unbranched alkanes of at least 4 members (excludes halogenated alkanes) is 13. The van der Waals surface area contributed by atoms with E-state index in [1.54, 1.807) is 0 Å². The van der Waals surface area contributed by atoms with Gasteiger partial charge in [0.05, 0.1) is 0 Å². The molecule has 8 heteroatoms. The number of halogens is 1. The van der Waals surface area contributed by atoms with Gasteiger partial charge in [-0.05, 0) is 30.7 Å². The van der Waals surface area contributed by atoms with Crippen LogP contribution in [0, 0.1) is 5.82 Å². The summed E-state index contributed by atoms with van der Waals surface area (Å²) in [7, 11) is 0. The first kappa shape index (κ1) is 28.3. The average molecular weight is 487 g/mol. The van der Waals surface area contributed by atoms with Crippen molar-refractivity contribution in [3.63, 3.8) is 0 Å². The van der Waals surface area contributed by atoms with Crippen LogP contribution in [0.25, 0.3) is 0 Å². The molecule has 2 aromatic rings. The molecule has 0 bridgehead atoms. The lowest BCUT2D eigenvalue weighted by atomic mass is 10.0. The molecular formula is C27H43FN6O. The van der Waals surface area contributed by atoms with Crippen LogP contribution in [0.5, 0.6) is 0 Å². The number of hydrogen-bond acceptors (Lipinski definition) is 6. The molecule has 194 valence electrons. The summed E-state index contributed by atoms with van der Waals surface area (Å²) in [5, 5.41) is 3.25. The zero-order valence-electron chi connectivity index (χ0n) is 21.3. The Labute approximate surface area is 209 Å². The van der Waals surface area contributed by atoms with Crippen LogP contribution in [0.15, 0.2) is 30.6 Å². The molecule has 0 atom stereocenters. The van der Waals surface area contributed by atoms with Crippen molar-refractivity contribution in [1.82, 2.24) is 15.4 Å². The highest BCUT2D eigenvalue weighted by atomic mass is 19.1. The van der Waals surface area contributed by atoms with E-state index < -0.39 is 11.7 Å². The van der Waals surface area contributed by atoms with E-state index in [9.17, 15) is 9.18 Å². The molecule has 1 aromatic heterocycles. The normalized spacial score (nSPS) is 10.8. The third-order valence-corrected chi connectivity index (χ3v) is 6.11. The number of nitrogen functional groups attached to an aromatic ring is 1. The molecule has 0 spiro atoms.